The van der Waals surface area contributed by atoms with Gasteiger partial charge in [0.1, 0.15) is 0 Å². The van der Waals surface area contributed by atoms with Crippen molar-refractivity contribution in [1.82, 2.24) is 4.90 Å². The van der Waals surface area contributed by atoms with E-state index in [1.807, 2.05) is 7.11 Å². The Morgan fingerprint density at radius 2 is 2.07 bits per heavy atom. The van der Waals surface area contributed by atoms with Gasteiger partial charge in [-0.05, 0) is 24.5 Å². The molecule has 1 atom stereocenters. The van der Waals surface area contributed by atoms with Gasteiger partial charge in [0.15, 0.2) is 0 Å². The zero-order valence-electron chi connectivity index (χ0n) is 9.41. The third-order valence-corrected chi connectivity index (χ3v) is 3.74. The smallest absolute Gasteiger partial charge is 0.0595 e. The Bertz CT molecular complexity index is 142. The third kappa shape index (κ3) is 3.79. The highest BCUT2D eigenvalue weighted by Crippen LogP contribution is 2.15. The fourth-order valence-corrected chi connectivity index (χ4v) is 2.38. The summed E-state index contributed by atoms with van der Waals surface area (Å²) in [7, 11) is 1.82. The first kappa shape index (κ1) is 12.3. The first-order valence-corrected chi connectivity index (χ1v) is 6.29. The third-order valence-electron chi connectivity index (χ3n) is 3.22. The van der Waals surface area contributed by atoms with Gasteiger partial charge in [0.05, 0.1) is 6.10 Å². The molecule has 84 valence electrons. The number of rotatable bonds is 5. The summed E-state index contributed by atoms with van der Waals surface area (Å²) < 4.78 is 5.36. The zero-order chi connectivity index (χ0) is 10.4. The van der Waals surface area contributed by atoms with Gasteiger partial charge in [0.25, 0.3) is 0 Å². The van der Waals surface area contributed by atoms with Gasteiger partial charge in [0.2, 0.25) is 0 Å². The summed E-state index contributed by atoms with van der Waals surface area (Å²) in [6.07, 6.45) is 4.13. The van der Waals surface area contributed by atoms with Gasteiger partial charge in [-0.15, -0.1) is 0 Å². The highest BCUT2D eigenvalue weighted by atomic mass is 32.1. The second-order valence-corrected chi connectivity index (χ2v) is 4.56. The fraction of sp³-hybridized carbons (Fsp3) is 1.00. The molecule has 0 aliphatic carbocycles. The van der Waals surface area contributed by atoms with Crippen LogP contribution in [-0.4, -0.2) is 43.5 Å². The van der Waals surface area contributed by atoms with E-state index in [0.717, 1.165) is 11.7 Å². The summed E-state index contributed by atoms with van der Waals surface area (Å²) in [5.41, 5.74) is 0. The summed E-state index contributed by atoms with van der Waals surface area (Å²) in [6.45, 7) is 5.87. The number of likely N-dealkylation sites (tertiary alicyclic amines) is 1. The van der Waals surface area contributed by atoms with Gasteiger partial charge >= 0.3 is 0 Å². The number of hydrogen-bond acceptors (Lipinski definition) is 3. The van der Waals surface area contributed by atoms with Crippen molar-refractivity contribution in [2.45, 2.75) is 32.3 Å². The molecule has 1 unspecified atom stereocenters. The molecule has 0 aromatic rings. The molecule has 1 rings (SSSR count). The lowest BCUT2D eigenvalue weighted by atomic mass is 10.0. The fourth-order valence-electron chi connectivity index (χ4n) is 2.01. The Hall–Kier alpha value is 0.270. The second kappa shape index (κ2) is 6.70. The maximum Gasteiger partial charge on any atom is 0.0595 e. The minimum absolute atomic E-state index is 0.502. The Morgan fingerprint density at radius 1 is 1.43 bits per heavy atom. The number of hydrogen-bond donors (Lipinski definition) is 1. The van der Waals surface area contributed by atoms with E-state index >= 15 is 0 Å². The molecule has 0 saturated carbocycles. The zero-order valence-corrected chi connectivity index (χ0v) is 10.3. The summed E-state index contributed by atoms with van der Waals surface area (Å²) in [5, 5.41) is 0. The molecule has 2 nitrogen and oxygen atoms in total. The molecule has 0 spiro atoms. The van der Waals surface area contributed by atoms with Gasteiger partial charge < -0.3 is 9.64 Å². The second-order valence-electron chi connectivity index (χ2n) is 4.19. The van der Waals surface area contributed by atoms with Crippen molar-refractivity contribution in [2.75, 3.05) is 32.5 Å². The number of piperidine rings is 1. The van der Waals surface area contributed by atoms with E-state index in [0.29, 0.717) is 6.10 Å². The quantitative estimate of drug-likeness (QED) is 0.708. The van der Waals surface area contributed by atoms with E-state index in [-0.39, 0.29) is 0 Å². The Kier molecular flexibility index (Phi) is 5.90. The first-order valence-electron chi connectivity index (χ1n) is 5.66. The van der Waals surface area contributed by atoms with Crippen LogP contribution in [0.5, 0.6) is 0 Å². The molecule has 14 heavy (non-hydrogen) atoms. The van der Waals surface area contributed by atoms with Crippen LogP contribution in [0, 0.1) is 5.92 Å². The molecule has 0 aromatic carbocycles. The van der Waals surface area contributed by atoms with Crippen LogP contribution in [0.3, 0.4) is 0 Å². The molecular formula is C11H23NOS. The highest BCUT2D eigenvalue weighted by Gasteiger charge is 2.20. The van der Waals surface area contributed by atoms with Gasteiger partial charge in [-0.1, -0.05) is 13.3 Å². The van der Waals surface area contributed by atoms with E-state index in [1.165, 1.54) is 38.9 Å². The number of methoxy groups -OCH3 is 1. The van der Waals surface area contributed by atoms with Crippen molar-refractivity contribution in [3.8, 4) is 0 Å². The standard InChI is InChI=1S/C11H23NOS/c1-3-10(9-14)8-12-6-4-11(13-2)5-7-12/h10-11,14H,3-9H2,1-2H3. The Balaban J connectivity index is 2.21. The normalized spacial score (nSPS) is 22.5. The average Bonchev–Trinajstić information content (AvgIpc) is 2.26. The average molecular weight is 217 g/mol. The lowest BCUT2D eigenvalue weighted by molar-refractivity contribution is 0.0373. The van der Waals surface area contributed by atoms with Gasteiger partial charge in [-0.25, -0.2) is 0 Å². The molecule has 1 heterocycles. The summed E-state index contributed by atoms with van der Waals surface area (Å²) >= 11 is 4.38. The molecule has 0 radical (unpaired) electrons. The van der Waals surface area contributed by atoms with Gasteiger partial charge in [-0.3, -0.25) is 0 Å². The van der Waals surface area contributed by atoms with Crippen LogP contribution in [0.15, 0.2) is 0 Å². The summed E-state index contributed by atoms with van der Waals surface area (Å²) in [5.74, 6) is 1.78. The molecule has 1 aliphatic heterocycles. The minimum Gasteiger partial charge on any atom is -0.381 e. The molecule has 0 N–H and O–H groups in total. The van der Waals surface area contributed by atoms with Crippen LogP contribution in [0.4, 0.5) is 0 Å². The first-order chi connectivity index (χ1) is 6.80. The van der Waals surface area contributed by atoms with Crippen molar-refractivity contribution in [3.63, 3.8) is 0 Å². The molecule has 1 saturated heterocycles. The van der Waals surface area contributed by atoms with Crippen LogP contribution in [-0.2, 0) is 4.74 Å². The van der Waals surface area contributed by atoms with Gasteiger partial charge in [-0.2, -0.15) is 12.6 Å². The summed E-state index contributed by atoms with van der Waals surface area (Å²) in [4.78, 5) is 2.56. The van der Waals surface area contributed by atoms with E-state index < -0.39 is 0 Å². The van der Waals surface area contributed by atoms with Crippen molar-refractivity contribution >= 4 is 12.6 Å². The molecule has 1 fully saturated rings. The Morgan fingerprint density at radius 3 is 2.50 bits per heavy atom. The van der Waals surface area contributed by atoms with Crippen molar-refractivity contribution in [1.29, 1.82) is 0 Å². The molecule has 0 amide bonds. The maximum absolute atomic E-state index is 5.36. The van der Waals surface area contributed by atoms with E-state index in [1.54, 1.807) is 0 Å². The van der Waals surface area contributed by atoms with E-state index in [2.05, 4.69) is 24.5 Å². The monoisotopic (exact) mass is 217 g/mol. The van der Waals surface area contributed by atoms with E-state index in [4.69, 9.17) is 4.74 Å². The topological polar surface area (TPSA) is 12.5 Å². The Labute approximate surface area is 93.4 Å². The number of nitrogens with zero attached hydrogens (tertiary/aromatic N) is 1. The predicted octanol–water partition coefficient (Wildman–Crippen LogP) is 2.05. The lowest BCUT2D eigenvalue weighted by Gasteiger charge is -2.33. The molecule has 1 aliphatic rings. The highest BCUT2D eigenvalue weighted by molar-refractivity contribution is 7.80. The SMILES string of the molecule is CCC(CS)CN1CCC(OC)CC1. The van der Waals surface area contributed by atoms with Crippen LogP contribution in [0.1, 0.15) is 26.2 Å². The largest absolute Gasteiger partial charge is 0.381 e. The van der Waals surface area contributed by atoms with Crippen LogP contribution >= 0.6 is 12.6 Å². The molecule has 0 bridgehead atoms. The number of thiol groups is 1. The van der Waals surface area contributed by atoms with Crippen LogP contribution in [0.25, 0.3) is 0 Å². The number of ether oxygens (including phenoxy) is 1. The lowest BCUT2D eigenvalue weighted by Crippen LogP contribution is -2.39. The maximum atomic E-state index is 5.36. The van der Waals surface area contributed by atoms with Crippen molar-refractivity contribution in [2.24, 2.45) is 5.92 Å². The van der Waals surface area contributed by atoms with Crippen LogP contribution in [0.2, 0.25) is 0 Å². The molecule has 3 heteroatoms. The summed E-state index contributed by atoms with van der Waals surface area (Å²) in [6, 6.07) is 0. The van der Waals surface area contributed by atoms with Crippen LogP contribution < -0.4 is 0 Å². The minimum atomic E-state index is 0.502. The molecular weight excluding hydrogens is 194 g/mol. The molecule has 0 aromatic heterocycles. The van der Waals surface area contributed by atoms with Crippen molar-refractivity contribution < 1.29 is 4.74 Å². The van der Waals surface area contributed by atoms with Gasteiger partial charge in [0, 0.05) is 26.7 Å². The predicted molar refractivity (Wildman–Crippen MR) is 64.1 cm³/mol. The van der Waals surface area contributed by atoms with E-state index in [9.17, 15) is 0 Å². The van der Waals surface area contributed by atoms with Crippen molar-refractivity contribution in [3.05, 3.63) is 0 Å².